The molecule has 9 atom stereocenters. The van der Waals surface area contributed by atoms with Gasteiger partial charge >= 0.3 is 6.09 Å². The molecular weight excluding hydrogens is 743 g/mol. The van der Waals surface area contributed by atoms with E-state index in [1.54, 1.807) is 7.11 Å². The number of nitrogens with one attached hydrogen (secondary N) is 3. The van der Waals surface area contributed by atoms with Crippen LogP contribution in [0.1, 0.15) is 114 Å². The maximum Gasteiger partial charge on any atom is 0.407 e. The summed E-state index contributed by atoms with van der Waals surface area (Å²) in [6.45, 7) is 7.87. The summed E-state index contributed by atoms with van der Waals surface area (Å²) >= 11 is 0. The number of aryl methyl sites for hydroxylation is 2. The number of alkyl carbamates (subject to hydrolysis) is 1. The lowest BCUT2D eigenvalue weighted by Gasteiger charge is -2.33. The van der Waals surface area contributed by atoms with E-state index in [0.29, 0.717) is 11.8 Å². The van der Waals surface area contributed by atoms with Gasteiger partial charge in [-0.3, -0.25) is 9.59 Å². The zero-order valence-electron chi connectivity index (χ0n) is 35.3. The molecule has 3 aliphatic carbocycles. The van der Waals surface area contributed by atoms with Crippen molar-refractivity contribution >= 4 is 17.9 Å². The Morgan fingerprint density at radius 1 is 0.729 bits per heavy atom. The third kappa shape index (κ3) is 7.04. The first-order chi connectivity index (χ1) is 28.5. The lowest BCUT2D eigenvalue weighted by molar-refractivity contribution is -0.142. The number of nitrogens with zero attached hydrogens (tertiary/aromatic N) is 4. The molecule has 2 aromatic heterocycles. The van der Waals surface area contributed by atoms with Crippen LogP contribution < -0.4 is 5.32 Å². The fraction of sp³-hybridized carbons (Fsp3) is 0.553. The van der Waals surface area contributed by atoms with E-state index in [1.165, 1.54) is 42.2 Å². The number of methoxy groups -OCH3 is 2. The molecule has 2 aliphatic heterocycles. The Morgan fingerprint density at radius 2 is 1.24 bits per heavy atom. The Hall–Kier alpha value is -4.97. The number of amides is 3. The van der Waals surface area contributed by atoms with Crippen LogP contribution >= 0.6 is 0 Å². The molecule has 5 aliphatic rings. The average molecular weight is 802 g/mol. The van der Waals surface area contributed by atoms with Crippen LogP contribution in [-0.2, 0) is 31.9 Å². The molecule has 0 radical (unpaired) electrons. The van der Waals surface area contributed by atoms with Crippen LogP contribution in [0.15, 0.2) is 48.8 Å². The number of fused-ring (bicyclic) bond motifs is 5. The number of benzene rings is 2. The Bertz CT molecular complexity index is 2230. The van der Waals surface area contributed by atoms with Gasteiger partial charge in [0.15, 0.2) is 0 Å². The predicted octanol–water partition coefficient (Wildman–Crippen LogP) is 8.17. The molecule has 59 heavy (non-hydrogen) atoms. The zero-order valence-corrected chi connectivity index (χ0v) is 35.3. The molecule has 12 nitrogen and oxygen atoms in total. The minimum Gasteiger partial charge on any atom is -0.453 e. The molecule has 3 amide bonds. The van der Waals surface area contributed by atoms with Gasteiger partial charge in [0.1, 0.15) is 17.7 Å². The lowest BCUT2D eigenvalue weighted by atomic mass is 9.83. The maximum atomic E-state index is 14.2. The van der Waals surface area contributed by atoms with Gasteiger partial charge in [-0.05, 0) is 122 Å². The topological polar surface area (TPSA) is 146 Å². The normalized spacial score (nSPS) is 25.9. The van der Waals surface area contributed by atoms with Crippen LogP contribution in [-0.4, -0.2) is 86.1 Å². The lowest BCUT2D eigenvalue weighted by Crippen LogP contribution is -2.53. The average Bonchev–Trinajstić information content (AvgIpc) is 4.10. The Kier molecular flexibility index (Phi) is 10.6. The highest BCUT2D eigenvalue weighted by Crippen LogP contribution is 2.49. The molecule has 4 heterocycles. The van der Waals surface area contributed by atoms with E-state index in [0.717, 1.165) is 85.5 Å². The van der Waals surface area contributed by atoms with E-state index in [2.05, 4.69) is 56.6 Å². The highest BCUT2D eigenvalue weighted by molar-refractivity contribution is 5.87. The van der Waals surface area contributed by atoms with Crippen molar-refractivity contribution < 1.29 is 23.9 Å². The van der Waals surface area contributed by atoms with E-state index in [4.69, 9.17) is 19.4 Å². The van der Waals surface area contributed by atoms with Crippen molar-refractivity contribution in [1.82, 2.24) is 35.1 Å². The standard InChI is InChI=1S/C47H59N7O5/c1-25(2)42(52-47(57)59-6)46(56)54-39-12-8-10-33(39)22-41(54)44-49-24-37(51-44)31-16-18-35-29(20-31)14-13-28-19-30(15-17-34(28)35)36-23-48-43(50-36)40-21-32-9-7-11-38(32)53(40)45(55)26(3)27(4)58-5/h15-20,23-27,32-33,38-42H,7-14,21-22H2,1-6H3,(H,48,50)(H,49,51)(H,52,57)/t26-,27+,32-,33+,38-,39+,40+,41+,42+/m1/s1. The fourth-order valence-electron chi connectivity index (χ4n) is 11.2. The number of rotatable bonds is 10. The molecule has 9 rings (SSSR count). The van der Waals surface area contributed by atoms with Crippen molar-refractivity contribution in [1.29, 1.82) is 0 Å². The molecule has 12 heteroatoms. The Morgan fingerprint density at radius 3 is 1.71 bits per heavy atom. The van der Waals surface area contributed by atoms with Gasteiger partial charge in [0.2, 0.25) is 11.8 Å². The van der Waals surface area contributed by atoms with Crippen LogP contribution in [0.25, 0.3) is 33.6 Å². The molecule has 2 saturated carbocycles. The van der Waals surface area contributed by atoms with Crippen LogP contribution in [0.5, 0.6) is 0 Å². The van der Waals surface area contributed by atoms with Crippen molar-refractivity contribution in [3.8, 4) is 33.6 Å². The third-order valence-electron chi connectivity index (χ3n) is 14.7. The van der Waals surface area contributed by atoms with Gasteiger partial charge in [0, 0.05) is 19.2 Å². The predicted molar refractivity (Wildman–Crippen MR) is 225 cm³/mol. The third-order valence-corrected chi connectivity index (χ3v) is 14.7. The summed E-state index contributed by atoms with van der Waals surface area (Å²) in [6.07, 6.45) is 13.3. The molecule has 2 aromatic carbocycles. The van der Waals surface area contributed by atoms with Crippen LogP contribution in [0, 0.1) is 23.7 Å². The first kappa shape index (κ1) is 39.5. The summed E-state index contributed by atoms with van der Waals surface area (Å²) in [5.74, 6) is 2.42. The van der Waals surface area contributed by atoms with Gasteiger partial charge in [-0.15, -0.1) is 0 Å². The summed E-state index contributed by atoms with van der Waals surface area (Å²) < 4.78 is 10.4. The number of carbonyl (C=O) groups excluding carboxylic acids is 3. The summed E-state index contributed by atoms with van der Waals surface area (Å²) in [5.41, 5.74) is 9.21. The van der Waals surface area contributed by atoms with Crippen molar-refractivity contribution in [2.45, 2.75) is 128 Å². The van der Waals surface area contributed by atoms with E-state index >= 15 is 0 Å². The molecule has 2 saturated heterocycles. The summed E-state index contributed by atoms with van der Waals surface area (Å²) in [6, 6.07) is 12.9. The smallest absolute Gasteiger partial charge is 0.407 e. The van der Waals surface area contributed by atoms with Crippen LogP contribution in [0.4, 0.5) is 4.79 Å². The molecule has 0 unspecified atom stereocenters. The quantitative estimate of drug-likeness (QED) is 0.147. The first-order valence-electron chi connectivity index (χ1n) is 21.9. The highest BCUT2D eigenvalue weighted by Gasteiger charge is 2.50. The maximum absolute atomic E-state index is 14.2. The van der Waals surface area contributed by atoms with Gasteiger partial charge in [0.25, 0.3) is 0 Å². The monoisotopic (exact) mass is 801 g/mol. The van der Waals surface area contributed by atoms with Crippen molar-refractivity contribution in [2.75, 3.05) is 14.2 Å². The second kappa shape index (κ2) is 15.9. The van der Waals surface area contributed by atoms with Crippen molar-refractivity contribution in [3.63, 3.8) is 0 Å². The number of aromatic amines is 2. The highest BCUT2D eigenvalue weighted by atomic mass is 16.5. The number of likely N-dealkylation sites (tertiary alicyclic amines) is 2. The van der Waals surface area contributed by atoms with E-state index in [1.807, 2.05) is 45.0 Å². The number of hydrogen-bond donors (Lipinski definition) is 3. The van der Waals surface area contributed by atoms with Gasteiger partial charge in [0.05, 0.1) is 55.0 Å². The van der Waals surface area contributed by atoms with Gasteiger partial charge in [-0.2, -0.15) is 0 Å². The number of ether oxygens (including phenoxy) is 2. The van der Waals surface area contributed by atoms with Gasteiger partial charge in [-0.25, -0.2) is 14.8 Å². The minimum absolute atomic E-state index is 0.0467. The summed E-state index contributed by atoms with van der Waals surface area (Å²) in [5, 5.41) is 2.80. The number of H-pyrrole nitrogens is 2. The molecule has 312 valence electrons. The number of carbonyl (C=O) groups is 3. The van der Waals surface area contributed by atoms with Gasteiger partial charge in [-0.1, -0.05) is 57.9 Å². The molecule has 4 aromatic rings. The second-order valence-corrected chi connectivity index (χ2v) is 18.2. The number of aromatic nitrogens is 4. The second-order valence-electron chi connectivity index (χ2n) is 18.2. The van der Waals surface area contributed by atoms with E-state index in [-0.39, 0.29) is 53.9 Å². The first-order valence-corrected chi connectivity index (χ1v) is 21.9. The fourth-order valence-corrected chi connectivity index (χ4v) is 11.2. The summed E-state index contributed by atoms with van der Waals surface area (Å²) in [4.78, 5) is 61.5. The zero-order chi connectivity index (χ0) is 41.1. The molecule has 0 spiro atoms. The number of imidazole rings is 2. The summed E-state index contributed by atoms with van der Waals surface area (Å²) in [7, 11) is 3.00. The largest absolute Gasteiger partial charge is 0.453 e. The molecule has 4 fully saturated rings. The Balaban J connectivity index is 0.929. The van der Waals surface area contributed by atoms with E-state index < -0.39 is 12.1 Å². The SMILES string of the molecule is COC(=O)N[C@H](C(=O)N1[C@H](c2ncc(-c3ccc4c(c3)CCc3cc(-c5cnc([C@@H]6C[C@H]7CCC[C@H]7N6C(=O)[C@H](C)[C@H](C)OC)[nH]5)ccc3-4)[nH]2)C[C@@H]2CCC[C@@H]21)C(C)C. The van der Waals surface area contributed by atoms with Crippen molar-refractivity contribution in [2.24, 2.45) is 23.7 Å². The Labute approximate surface area is 347 Å². The number of hydrogen-bond acceptors (Lipinski definition) is 7. The van der Waals surface area contributed by atoms with Gasteiger partial charge < -0.3 is 34.6 Å². The van der Waals surface area contributed by atoms with Crippen molar-refractivity contribution in [3.05, 3.63) is 71.6 Å². The molecule has 0 bridgehead atoms. The molecule has 3 N–H and O–H groups in total. The molecular formula is C47H59N7O5. The van der Waals surface area contributed by atoms with Crippen LogP contribution in [0.2, 0.25) is 0 Å². The van der Waals surface area contributed by atoms with Crippen LogP contribution in [0.3, 0.4) is 0 Å². The van der Waals surface area contributed by atoms with E-state index in [9.17, 15) is 14.4 Å². The minimum atomic E-state index is -0.672.